The minimum Gasteiger partial charge on any atom is -0.389 e. The van der Waals surface area contributed by atoms with E-state index < -0.39 is 35.3 Å². The lowest BCUT2D eigenvalue weighted by molar-refractivity contribution is -0.154. The smallest absolute Gasteiger partial charge is 0.348 e. The van der Waals surface area contributed by atoms with Crippen LogP contribution in [0.3, 0.4) is 0 Å². The number of carbonyl (C=O) groups excluding carboxylic acids is 4. The van der Waals surface area contributed by atoms with Crippen LogP contribution in [0.1, 0.15) is 45.8 Å². The number of halogens is 3. The standard InChI is InChI=1S/C22H22B4ClF2N3O4/c23-13-7-11-12(8-31(20(11)35)14-5-6-15(33)30-19(14)34)17(24)16(13)18(25)32(26)21(36)22(28,29)9-1-3-10(27)4-2-9/h1-4,7,14,18H,5-6,8,23-26H2,(H,30,33,34). The predicted molar refractivity (Wildman–Crippen MR) is 141 cm³/mol. The van der Waals surface area contributed by atoms with Crippen LogP contribution in [0.15, 0.2) is 30.3 Å². The summed E-state index contributed by atoms with van der Waals surface area (Å²) in [5, 5.41) is 2.56. The number of hydrogen-bond acceptors (Lipinski definition) is 4. The number of alkyl halides is 2. The number of hydrogen-bond donors (Lipinski definition) is 1. The lowest BCUT2D eigenvalue weighted by Crippen LogP contribution is -2.52. The maximum Gasteiger partial charge on any atom is 0.348 e. The number of fused-ring (bicyclic) bond motifs is 1. The van der Waals surface area contributed by atoms with Gasteiger partial charge in [0, 0.05) is 35.1 Å². The van der Waals surface area contributed by atoms with Crippen LogP contribution in [0.2, 0.25) is 5.02 Å². The molecule has 0 aromatic heterocycles. The predicted octanol–water partition coefficient (Wildman–Crippen LogP) is -2.58. The summed E-state index contributed by atoms with van der Waals surface area (Å²) in [5.74, 6) is -7.04. The van der Waals surface area contributed by atoms with E-state index in [4.69, 9.17) is 11.6 Å². The molecule has 2 heterocycles. The highest BCUT2D eigenvalue weighted by Gasteiger charge is 2.45. The first-order chi connectivity index (χ1) is 16.8. The number of nitrogens with one attached hydrogen (secondary N) is 1. The molecule has 0 bridgehead atoms. The van der Waals surface area contributed by atoms with E-state index in [1.54, 1.807) is 29.6 Å². The molecule has 4 amide bonds. The molecule has 2 atom stereocenters. The van der Waals surface area contributed by atoms with Crippen molar-refractivity contribution in [3.8, 4) is 0 Å². The summed E-state index contributed by atoms with van der Waals surface area (Å²) in [5.41, 5.74) is 2.70. The number of rotatable bonds is 5. The zero-order chi connectivity index (χ0) is 26.5. The van der Waals surface area contributed by atoms with Crippen molar-refractivity contribution >= 4 is 77.7 Å². The van der Waals surface area contributed by atoms with Gasteiger partial charge in [0.2, 0.25) is 19.8 Å². The number of nitrogens with zero attached hydrogens (tertiary/aromatic N) is 2. The Balaban J connectivity index is 1.63. The van der Waals surface area contributed by atoms with Gasteiger partial charge < -0.3 is 9.71 Å². The molecule has 0 spiro atoms. The van der Waals surface area contributed by atoms with Gasteiger partial charge in [-0.1, -0.05) is 40.7 Å². The highest BCUT2D eigenvalue weighted by Crippen LogP contribution is 2.33. The van der Waals surface area contributed by atoms with E-state index in [9.17, 15) is 19.2 Å². The molecular formula is C22H22B4ClF2N3O4. The molecule has 0 aliphatic carbocycles. The van der Waals surface area contributed by atoms with Gasteiger partial charge in [-0.2, -0.15) is 8.78 Å². The summed E-state index contributed by atoms with van der Waals surface area (Å²) < 4.78 is 30.1. The quantitative estimate of drug-likeness (QED) is 0.355. The lowest BCUT2D eigenvalue weighted by atomic mass is 9.69. The third-order valence-corrected chi connectivity index (χ3v) is 7.42. The Bertz CT molecular complexity index is 1300. The van der Waals surface area contributed by atoms with Crippen LogP contribution in [0.25, 0.3) is 0 Å². The Hall–Kier alpha value is -3.07. The second-order valence-corrected chi connectivity index (χ2v) is 9.77. The van der Waals surface area contributed by atoms with Crippen LogP contribution < -0.4 is 16.2 Å². The first-order valence-corrected chi connectivity index (χ1v) is 11.9. The summed E-state index contributed by atoms with van der Waals surface area (Å²) in [4.78, 5) is 52.4. The van der Waals surface area contributed by atoms with Crippen molar-refractivity contribution < 1.29 is 28.0 Å². The molecule has 0 radical (unpaired) electrons. The fourth-order valence-corrected chi connectivity index (χ4v) is 5.21. The first kappa shape index (κ1) is 26.0. The maximum absolute atomic E-state index is 15.1. The fraction of sp³-hybridized carbons (Fsp3) is 0.273. The molecule has 2 aliphatic heterocycles. The van der Waals surface area contributed by atoms with Crippen LogP contribution >= 0.6 is 11.6 Å². The summed E-state index contributed by atoms with van der Waals surface area (Å²) in [6.07, 6.45) is 0.383. The molecule has 182 valence electrons. The van der Waals surface area contributed by atoms with Crippen molar-refractivity contribution in [2.24, 2.45) is 0 Å². The van der Waals surface area contributed by atoms with Gasteiger partial charge in [-0.15, -0.1) is 0 Å². The zero-order valence-corrected chi connectivity index (χ0v) is 21.1. The van der Waals surface area contributed by atoms with Crippen LogP contribution in [-0.4, -0.2) is 70.9 Å². The largest absolute Gasteiger partial charge is 0.389 e. The summed E-state index contributed by atoms with van der Waals surface area (Å²) in [6, 6.07) is 5.78. The Morgan fingerprint density at radius 3 is 2.44 bits per heavy atom. The monoisotopic (exact) mass is 509 g/mol. The van der Waals surface area contributed by atoms with E-state index in [-0.39, 0.29) is 36.2 Å². The van der Waals surface area contributed by atoms with Gasteiger partial charge in [0.25, 0.3) is 11.8 Å². The number of benzene rings is 2. The average molecular weight is 509 g/mol. The molecule has 7 nitrogen and oxygen atoms in total. The number of carbonyl (C=O) groups is 4. The molecule has 2 aromatic carbocycles. The SMILES string of the molecule is Bc1cc2c(c(B)c1C(B)N(B)C(=O)C(F)(F)c1ccc(Cl)cc1)CN(C1CCC(=O)NC1=O)C2=O. The highest BCUT2D eigenvalue weighted by molar-refractivity contribution is 6.43. The van der Waals surface area contributed by atoms with Crippen LogP contribution in [-0.2, 0) is 26.9 Å². The van der Waals surface area contributed by atoms with Crippen LogP contribution in [0.4, 0.5) is 8.78 Å². The van der Waals surface area contributed by atoms with Crippen LogP contribution in [0, 0.1) is 0 Å². The zero-order valence-electron chi connectivity index (χ0n) is 20.3. The van der Waals surface area contributed by atoms with E-state index in [2.05, 4.69) is 5.32 Å². The molecule has 2 aromatic rings. The van der Waals surface area contributed by atoms with E-state index >= 15 is 8.78 Å². The molecule has 2 unspecified atom stereocenters. The number of piperidine rings is 1. The lowest BCUT2D eigenvalue weighted by Gasteiger charge is -2.33. The molecule has 1 fully saturated rings. The molecular weight excluding hydrogens is 487 g/mol. The van der Waals surface area contributed by atoms with Crippen molar-refractivity contribution in [2.75, 3.05) is 0 Å². The second kappa shape index (κ2) is 9.42. The molecule has 4 rings (SSSR count). The highest BCUT2D eigenvalue weighted by atomic mass is 35.5. The van der Waals surface area contributed by atoms with E-state index in [1.807, 2.05) is 0 Å². The van der Waals surface area contributed by atoms with Gasteiger partial charge in [0.1, 0.15) is 29.6 Å². The van der Waals surface area contributed by atoms with Crippen LogP contribution in [0.5, 0.6) is 0 Å². The van der Waals surface area contributed by atoms with Crippen molar-refractivity contribution in [3.05, 3.63) is 57.6 Å². The summed E-state index contributed by atoms with van der Waals surface area (Å²) in [6.45, 7) is 0.158. The second-order valence-electron chi connectivity index (χ2n) is 9.33. The third-order valence-electron chi connectivity index (χ3n) is 7.17. The van der Waals surface area contributed by atoms with Gasteiger partial charge in [-0.05, 0) is 29.7 Å². The third kappa shape index (κ3) is 4.34. The normalized spacial score (nSPS) is 18.6. The van der Waals surface area contributed by atoms with Crippen molar-refractivity contribution in [3.63, 3.8) is 0 Å². The van der Waals surface area contributed by atoms with Gasteiger partial charge in [-0.25, -0.2) is 0 Å². The first-order valence-electron chi connectivity index (χ1n) is 11.5. The average Bonchev–Trinajstić information content (AvgIpc) is 3.14. The topological polar surface area (TPSA) is 86.8 Å². The summed E-state index contributed by atoms with van der Waals surface area (Å²) >= 11 is 5.80. The Morgan fingerprint density at radius 1 is 1.19 bits per heavy atom. The van der Waals surface area contributed by atoms with E-state index in [0.29, 0.717) is 27.6 Å². The number of imide groups is 1. The molecule has 14 heteroatoms. The van der Waals surface area contributed by atoms with Gasteiger partial charge in [-0.3, -0.25) is 24.5 Å². The Labute approximate surface area is 215 Å². The van der Waals surface area contributed by atoms with Crippen molar-refractivity contribution in [2.45, 2.75) is 37.3 Å². The molecule has 1 saturated heterocycles. The van der Waals surface area contributed by atoms with Crippen molar-refractivity contribution in [1.29, 1.82) is 0 Å². The molecule has 36 heavy (non-hydrogen) atoms. The number of amides is 4. The minimum atomic E-state index is -3.76. The van der Waals surface area contributed by atoms with Crippen molar-refractivity contribution in [1.82, 2.24) is 15.0 Å². The van der Waals surface area contributed by atoms with Gasteiger partial charge in [0.15, 0.2) is 0 Å². The summed E-state index contributed by atoms with van der Waals surface area (Å²) in [7, 11) is 6.53. The van der Waals surface area contributed by atoms with Gasteiger partial charge in [0.05, 0.1) is 0 Å². The fourth-order valence-electron chi connectivity index (χ4n) is 5.08. The van der Waals surface area contributed by atoms with Gasteiger partial charge >= 0.3 is 5.92 Å². The minimum absolute atomic E-state index is 0.144. The Morgan fingerprint density at radius 2 is 1.83 bits per heavy atom. The molecule has 0 saturated carbocycles. The Kier molecular flexibility index (Phi) is 6.81. The van der Waals surface area contributed by atoms with E-state index in [0.717, 1.165) is 16.9 Å². The molecule has 2 aliphatic rings. The molecule has 1 N–H and O–H groups in total. The van der Waals surface area contributed by atoms with E-state index in [1.165, 1.54) is 25.0 Å². The maximum atomic E-state index is 15.1.